The van der Waals surface area contributed by atoms with Crippen LogP contribution < -0.4 is 4.74 Å². The molecule has 0 atom stereocenters. The minimum absolute atomic E-state index is 0.0133. The molecule has 7 nitrogen and oxygen atoms in total. The van der Waals surface area contributed by atoms with Crippen LogP contribution in [0.25, 0.3) is 5.69 Å². The molecule has 1 aromatic heterocycles. The highest BCUT2D eigenvalue weighted by Crippen LogP contribution is 2.24. The van der Waals surface area contributed by atoms with Gasteiger partial charge in [-0.1, -0.05) is 6.07 Å². The number of hydrogen-bond donors (Lipinski definition) is 0. The van der Waals surface area contributed by atoms with Crippen molar-refractivity contribution in [1.29, 1.82) is 0 Å². The van der Waals surface area contributed by atoms with Gasteiger partial charge in [0.1, 0.15) is 5.75 Å². The van der Waals surface area contributed by atoms with Gasteiger partial charge in [0.15, 0.2) is 16.4 Å². The lowest BCUT2D eigenvalue weighted by Crippen LogP contribution is -2.15. The van der Waals surface area contributed by atoms with Gasteiger partial charge in [0.05, 0.1) is 10.5 Å². The van der Waals surface area contributed by atoms with Crippen LogP contribution in [0.4, 0.5) is 8.78 Å². The SMILES string of the molecule is Cc1cc(C(=O)COC(=O)c2cccc(S(C)(=O)=O)c2)c(C)n1-c1ccc(OC(F)F)cc1. The number of benzene rings is 2. The zero-order chi connectivity index (χ0) is 24.3. The quantitative estimate of drug-likeness (QED) is 0.358. The molecule has 0 saturated carbocycles. The van der Waals surface area contributed by atoms with Gasteiger partial charge < -0.3 is 14.0 Å². The molecule has 1 heterocycles. The number of alkyl halides is 2. The van der Waals surface area contributed by atoms with E-state index in [0.29, 0.717) is 22.6 Å². The molecule has 3 rings (SSSR count). The van der Waals surface area contributed by atoms with Crippen molar-refractivity contribution in [2.45, 2.75) is 25.4 Å². The van der Waals surface area contributed by atoms with E-state index in [4.69, 9.17) is 4.74 Å². The van der Waals surface area contributed by atoms with Gasteiger partial charge in [-0.15, -0.1) is 0 Å². The first-order valence-electron chi connectivity index (χ1n) is 9.72. The number of carbonyl (C=O) groups is 2. The molecule has 174 valence electrons. The molecule has 0 aliphatic carbocycles. The van der Waals surface area contributed by atoms with Crippen LogP contribution >= 0.6 is 0 Å². The second kappa shape index (κ2) is 9.53. The minimum Gasteiger partial charge on any atom is -0.454 e. The summed E-state index contributed by atoms with van der Waals surface area (Å²) in [5, 5.41) is 0. The standard InChI is InChI=1S/C23H21F2NO6S/c1-14-11-20(15(2)26(14)17-7-9-18(10-8-17)32-23(24)25)21(27)13-31-22(28)16-5-4-6-19(12-16)33(3,29)30/h4-12,23H,13H2,1-3H3. The Morgan fingerprint density at radius 2 is 1.70 bits per heavy atom. The lowest BCUT2D eigenvalue weighted by molar-refractivity contribution is -0.0498. The van der Waals surface area contributed by atoms with Crippen LogP contribution in [0.3, 0.4) is 0 Å². The third-order valence-corrected chi connectivity index (χ3v) is 5.99. The summed E-state index contributed by atoms with van der Waals surface area (Å²) in [6.07, 6.45) is 1.02. The normalized spacial score (nSPS) is 11.5. The summed E-state index contributed by atoms with van der Waals surface area (Å²) in [5.41, 5.74) is 2.28. The van der Waals surface area contributed by atoms with Gasteiger partial charge in [-0.05, 0) is 62.4 Å². The van der Waals surface area contributed by atoms with E-state index in [1.54, 1.807) is 36.6 Å². The molecule has 10 heteroatoms. The highest BCUT2D eigenvalue weighted by Gasteiger charge is 2.19. The van der Waals surface area contributed by atoms with Crippen molar-refractivity contribution in [2.24, 2.45) is 0 Å². The Morgan fingerprint density at radius 1 is 1.03 bits per heavy atom. The van der Waals surface area contributed by atoms with Crippen molar-refractivity contribution in [3.8, 4) is 11.4 Å². The maximum absolute atomic E-state index is 12.7. The van der Waals surface area contributed by atoms with Gasteiger partial charge in [0.2, 0.25) is 5.78 Å². The Labute approximate surface area is 189 Å². The van der Waals surface area contributed by atoms with Gasteiger partial charge in [-0.25, -0.2) is 13.2 Å². The van der Waals surface area contributed by atoms with E-state index in [-0.39, 0.29) is 16.2 Å². The average molecular weight is 477 g/mol. The first-order valence-corrected chi connectivity index (χ1v) is 11.6. The molecule has 2 aromatic carbocycles. The molecule has 0 spiro atoms. The number of hydrogen-bond acceptors (Lipinski definition) is 6. The summed E-state index contributed by atoms with van der Waals surface area (Å²) in [6, 6.07) is 13.0. The predicted molar refractivity (Wildman–Crippen MR) is 116 cm³/mol. The Morgan fingerprint density at radius 3 is 2.30 bits per heavy atom. The van der Waals surface area contributed by atoms with E-state index in [0.717, 1.165) is 6.26 Å². The largest absolute Gasteiger partial charge is 0.454 e. The summed E-state index contributed by atoms with van der Waals surface area (Å²) in [5.74, 6) is -1.25. The minimum atomic E-state index is -3.50. The summed E-state index contributed by atoms with van der Waals surface area (Å²) < 4.78 is 59.2. The zero-order valence-corrected chi connectivity index (χ0v) is 18.9. The Hall–Kier alpha value is -3.53. The Balaban J connectivity index is 1.74. The molecule has 0 amide bonds. The number of Topliss-reactive ketones (excluding diaryl/α,β-unsaturated/α-hetero) is 1. The number of halogens is 2. The second-order valence-corrected chi connectivity index (χ2v) is 9.31. The van der Waals surface area contributed by atoms with Crippen LogP contribution in [-0.2, 0) is 14.6 Å². The molecule has 0 saturated heterocycles. The lowest BCUT2D eigenvalue weighted by atomic mass is 10.1. The van der Waals surface area contributed by atoms with Crippen molar-refractivity contribution in [2.75, 3.05) is 12.9 Å². The molecule has 0 fully saturated rings. The third kappa shape index (κ3) is 5.64. The summed E-state index contributed by atoms with van der Waals surface area (Å²) >= 11 is 0. The number of sulfone groups is 1. The number of ether oxygens (including phenoxy) is 2. The number of aryl methyl sites for hydroxylation is 1. The number of rotatable bonds is 8. The van der Waals surface area contributed by atoms with E-state index in [9.17, 15) is 26.8 Å². The van der Waals surface area contributed by atoms with Crippen molar-refractivity contribution in [1.82, 2.24) is 4.57 Å². The first-order chi connectivity index (χ1) is 15.5. The van der Waals surface area contributed by atoms with Crippen LogP contribution in [0.5, 0.6) is 5.75 Å². The first kappa shape index (κ1) is 24.1. The summed E-state index contributed by atoms with van der Waals surface area (Å²) in [6.45, 7) is 0.0247. The fraction of sp³-hybridized carbons (Fsp3) is 0.217. The van der Waals surface area contributed by atoms with Gasteiger partial charge in [0, 0.05) is 28.9 Å². The number of esters is 1. The highest BCUT2D eigenvalue weighted by molar-refractivity contribution is 7.90. The smallest absolute Gasteiger partial charge is 0.387 e. The zero-order valence-electron chi connectivity index (χ0n) is 18.0. The topological polar surface area (TPSA) is 91.7 Å². The number of nitrogens with zero attached hydrogens (tertiary/aromatic N) is 1. The highest BCUT2D eigenvalue weighted by atomic mass is 32.2. The monoisotopic (exact) mass is 477 g/mol. The molecular formula is C23H21F2NO6S. The van der Waals surface area contributed by atoms with Crippen molar-refractivity contribution < 1.29 is 36.3 Å². The second-order valence-electron chi connectivity index (χ2n) is 7.29. The third-order valence-electron chi connectivity index (χ3n) is 4.88. The Bertz CT molecular complexity index is 1300. The van der Waals surface area contributed by atoms with E-state index in [1.807, 2.05) is 0 Å². The number of ketones is 1. The number of aromatic nitrogens is 1. The molecular weight excluding hydrogens is 456 g/mol. The maximum atomic E-state index is 12.7. The molecule has 0 aliphatic rings. The van der Waals surface area contributed by atoms with Gasteiger partial charge in [-0.2, -0.15) is 8.78 Å². The summed E-state index contributed by atoms with van der Waals surface area (Å²) in [4.78, 5) is 25.0. The van der Waals surface area contributed by atoms with Crippen molar-refractivity contribution in [3.63, 3.8) is 0 Å². The van der Waals surface area contributed by atoms with Gasteiger partial charge in [0.25, 0.3) is 0 Å². The van der Waals surface area contributed by atoms with E-state index >= 15 is 0 Å². The van der Waals surface area contributed by atoms with Crippen LogP contribution in [0.1, 0.15) is 32.1 Å². The van der Waals surface area contributed by atoms with Crippen LogP contribution in [0.2, 0.25) is 0 Å². The Kier molecular flexibility index (Phi) is 6.97. The molecule has 0 aliphatic heterocycles. The van der Waals surface area contributed by atoms with Crippen LogP contribution in [-0.4, -0.2) is 44.2 Å². The van der Waals surface area contributed by atoms with Crippen molar-refractivity contribution in [3.05, 3.63) is 77.1 Å². The van der Waals surface area contributed by atoms with E-state index in [2.05, 4.69) is 4.74 Å². The summed E-state index contributed by atoms with van der Waals surface area (Å²) in [7, 11) is -3.50. The molecule has 0 unspecified atom stereocenters. The predicted octanol–water partition coefficient (Wildman–Crippen LogP) is 4.14. The fourth-order valence-corrected chi connectivity index (χ4v) is 4.03. The number of carbonyl (C=O) groups excluding carboxylic acids is 2. The average Bonchev–Trinajstić information content (AvgIpc) is 3.05. The maximum Gasteiger partial charge on any atom is 0.387 e. The van der Waals surface area contributed by atoms with E-state index < -0.39 is 34.8 Å². The molecule has 0 radical (unpaired) electrons. The van der Waals surface area contributed by atoms with Crippen LogP contribution in [0, 0.1) is 13.8 Å². The molecule has 0 N–H and O–H groups in total. The molecule has 0 bridgehead atoms. The van der Waals surface area contributed by atoms with Gasteiger partial charge in [-0.3, -0.25) is 4.79 Å². The van der Waals surface area contributed by atoms with E-state index in [1.165, 1.54) is 36.4 Å². The van der Waals surface area contributed by atoms with Crippen LogP contribution in [0.15, 0.2) is 59.5 Å². The molecule has 33 heavy (non-hydrogen) atoms. The lowest BCUT2D eigenvalue weighted by Gasteiger charge is -2.11. The fourth-order valence-electron chi connectivity index (χ4n) is 3.36. The van der Waals surface area contributed by atoms with Crippen molar-refractivity contribution >= 4 is 21.6 Å². The van der Waals surface area contributed by atoms with Gasteiger partial charge >= 0.3 is 12.6 Å². The molecule has 3 aromatic rings.